The number of nitro groups is 1. The first-order chi connectivity index (χ1) is 9.90. The van der Waals surface area contributed by atoms with Gasteiger partial charge in [0.25, 0.3) is 5.69 Å². The van der Waals surface area contributed by atoms with Gasteiger partial charge in [-0.25, -0.2) is 0 Å². The van der Waals surface area contributed by atoms with E-state index in [1.54, 1.807) is 0 Å². The van der Waals surface area contributed by atoms with Gasteiger partial charge in [-0.05, 0) is 6.07 Å². The number of nitro benzene ring substituents is 1. The summed E-state index contributed by atoms with van der Waals surface area (Å²) in [5, 5.41) is 20.5. The zero-order valence-electron chi connectivity index (χ0n) is 10.7. The van der Waals surface area contributed by atoms with Crippen molar-refractivity contribution in [2.75, 3.05) is 0 Å². The van der Waals surface area contributed by atoms with E-state index in [1.807, 2.05) is 0 Å². The van der Waals surface area contributed by atoms with E-state index in [9.17, 15) is 15.2 Å². The van der Waals surface area contributed by atoms with Crippen LogP contribution in [0.3, 0.4) is 0 Å². The van der Waals surface area contributed by atoms with Crippen LogP contribution in [0, 0.1) is 10.1 Å². The molecular formula is C13H7B2ClN2O3. The molecule has 0 aliphatic rings. The zero-order valence-corrected chi connectivity index (χ0v) is 11.4. The molecule has 0 unspecified atom stereocenters. The van der Waals surface area contributed by atoms with Gasteiger partial charge in [0.05, 0.1) is 10.6 Å². The van der Waals surface area contributed by atoms with Crippen LogP contribution >= 0.6 is 11.6 Å². The van der Waals surface area contributed by atoms with Gasteiger partial charge in [0.1, 0.15) is 26.5 Å². The van der Waals surface area contributed by atoms with E-state index < -0.39 is 4.92 Å². The molecule has 8 heteroatoms. The fraction of sp³-hybridized carbons (Fsp3) is 0. The number of hydrogen-bond acceptors (Lipinski definition) is 4. The highest BCUT2D eigenvalue weighted by Crippen LogP contribution is 2.33. The molecule has 0 amide bonds. The van der Waals surface area contributed by atoms with Crippen molar-refractivity contribution in [2.45, 2.75) is 0 Å². The standard InChI is InChI=1S/C13H7B2ClN2O3/c14-8-4-7(13(19)9(15)5-8)6-17-10-2-1-3-11(12(10)16)18(20)21/h1-6,19H. The van der Waals surface area contributed by atoms with Crippen LogP contribution in [0.4, 0.5) is 11.4 Å². The Morgan fingerprint density at radius 3 is 2.71 bits per heavy atom. The normalized spacial score (nSPS) is 10.9. The van der Waals surface area contributed by atoms with Crippen LogP contribution in [0.25, 0.3) is 0 Å². The Balaban J connectivity index is 2.43. The monoisotopic (exact) mass is 296 g/mol. The minimum atomic E-state index is -0.600. The predicted octanol–water partition coefficient (Wildman–Crippen LogP) is 1.29. The number of aromatic hydroxyl groups is 1. The van der Waals surface area contributed by atoms with Crippen LogP contribution in [0.2, 0.25) is 5.02 Å². The first kappa shape index (κ1) is 15.1. The van der Waals surface area contributed by atoms with Crippen LogP contribution in [0.1, 0.15) is 5.56 Å². The van der Waals surface area contributed by atoms with Gasteiger partial charge in [0.2, 0.25) is 0 Å². The van der Waals surface area contributed by atoms with E-state index >= 15 is 0 Å². The van der Waals surface area contributed by atoms with E-state index in [0.717, 1.165) is 0 Å². The summed E-state index contributed by atoms with van der Waals surface area (Å²) in [6.45, 7) is 0. The SMILES string of the molecule is [B]c1cc([B])c(O)c(C=Nc2cccc([N+](=O)[O-])c2Cl)c1. The van der Waals surface area contributed by atoms with Gasteiger partial charge in [0, 0.05) is 17.8 Å². The number of halogens is 1. The summed E-state index contributed by atoms with van der Waals surface area (Å²) in [4.78, 5) is 14.2. The summed E-state index contributed by atoms with van der Waals surface area (Å²) in [6.07, 6.45) is 1.28. The highest BCUT2D eigenvalue weighted by Gasteiger charge is 2.14. The van der Waals surface area contributed by atoms with Crippen molar-refractivity contribution in [3.05, 3.63) is 51.0 Å². The van der Waals surface area contributed by atoms with E-state index in [1.165, 1.54) is 36.5 Å². The fourth-order valence-corrected chi connectivity index (χ4v) is 1.93. The minimum Gasteiger partial charge on any atom is -0.508 e. The number of phenols is 1. The number of rotatable bonds is 3. The van der Waals surface area contributed by atoms with Crippen LogP contribution < -0.4 is 10.9 Å². The molecule has 0 spiro atoms. The van der Waals surface area contributed by atoms with Gasteiger partial charge in [0.15, 0.2) is 0 Å². The van der Waals surface area contributed by atoms with Gasteiger partial charge in [-0.1, -0.05) is 40.7 Å². The molecule has 0 bridgehead atoms. The van der Waals surface area contributed by atoms with Crippen LogP contribution in [0.5, 0.6) is 5.75 Å². The van der Waals surface area contributed by atoms with Crippen molar-refractivity contribution >= 4 is 55.8 Å². The number of nitrogens with zero attached hydrogens (tertiary/aromatic N) is 2. The minimum absolute atomic E-state index is 0.0879. The maximum Gasteiger partial charge on any atom is 0.290 e. The summed E-state index contributed by atoms with van der Waals surface area (Å²) >= 11 is 5.91. The lowest BCUT2D eigenvalue weighted by Gasteiger charge is -2.05. The van der Waals surface area contributed by atoms with E-state index in [0.29, 0.717) is 5.46 Å². The molecular weight excluding hydrogens is 289 g/mol. The lowest BCUT2D eigenvalue weighted by Crippen LogP contribution is -2.15. The Bertz CT molecular complexity index is 750. The first-order valence-electron chi connectivity index (χ1n) is 5.75. The Morgan fingerprint density at radius 1 is 1.33 bits per heavy atom. The number of aliphatic imine (C=N–C) groups is 1. The van der Waals surface area contributed by atoms with E-state index in [2.05, 4.69) is 4.99 Å². The third kappa shape index (κ3) is 3.25. The Morgan fingerprint density at radius 2 is 2.05 bits per heavy atom. The largest absolute Gasteiger partial charge is 0.508 e. The summed E-state index contributed by atoms with van der Waals surface area (Å²) in [6, 6.07) is 7.13. The molecule has 2 aromatic rings. The number of phenolic OH excluding ortho intramolecular Hbond substituents is 1. The van der Waals surface area contributed by atoms with E-state index in [-0.39, 0.29) is 33.2 Å². The third-order valence-corrected chi connectivity index (χ3v) is 3.08. The molecule has 100 valence electrons. The lowest BCUT2D eigenvalue weighted by molar-refractivity contribution is -0.384. The lowest BCUT2D eigenvalue weighted by atomic mass is 9.85. The van der Waals surface area contributed by atoms with Crippen molar-refractivity contribution < 1.29 is 10.0 Å². The molecule has 0 aromatic heterocycles. The van der Waals surface area contributed by atoms with Crippen molar-refractivity contribution in [1.29, 1.82) is 0 Å². The van der Waals surface area contributed by atoms with Gasteiger partial charge in [-0.3, -0.25) is 15.1 Å². The fourth-order valence-electron chi connectivity index (χ4n) is 1.69. The van der Waals surface area contributed by atoms with Crippen molar-refractivity contribution in [2.24, 2.45) is 4.99 Å². The second-order valence-corrected chi connectivity index (χ2v) is 4.55. The predicted molar refractivity (Wildman–Crippen MR) is 84.2 cm³/mol. The molecule has 2 aromatic carbocycles. The molecule has 0 atom stereocenters. The molecule has 2 rings (SSSR count). The van der Waals surface area contributed by atoms with Crippen molar-refractivity contribution in [1.82, 2.24) is 0 Å². The van der Waals surface area contributed by atoms with E-state index in [4.69, 9.17) is 27.3 Å². The number of hydrogen-bond donors (Lipinski definition) is 1. The first-order valence-corrected chi connectivity index (χ1v) is 6.13. The van der Waals surface area contributed by atoms with Gasteiger partial charge < -0.3 is 5.11 Å². The Kier molecular flexibility index (Phi) is 4.33. The van der Waals surface area contributed by atoms with Gasteiger partial charge in [-0.15, -0.1) is 0 Å². The maximum atomic E-state index is 10.8. The third-order valence-electron chi connectivity index (χ3n) is 2.69. The van der Waals surface area contributed by atoms with Crippen molar-refractivity contribution in [3.8, 4) is 5.75 Å². The highest BCUT2D eigenvalue weighted by molar-refractivity contribution is 6.39. The average molecular weight is 296 g/mol. The Labute approximate surface area is 128 Å². The molecule has 0 fully saturated rings. The second-order valence-electron chi connectivity index (χ2n) is 4.17. The zero-order chi connectivity index (χ0) is 15.6. The molecule has 4 radical (unpaired) electrons. The molecule has 0 saturated carbocycles. The summed E-state index contributed by atoms with van der Waals surface area (Å²) < 4.78 is 0. The maximum absolute atomic E-state index is 10.8. The number of benzene rings is 2. The van der Waals surface area contributed by atoms with Crippen LogP contribution in [-0.2, 0) is 0 Å². The molecule has 21 heavy (non-hydrogen) atoms. The van der Waals surface area contributed by atoms with Crippen LogP contribution in [0.15, 0.2) is 35.3 Å². The smallest absolute Gasteiger partial charge is 0.290 e. The topological polar surface area (TPSA) is 75.7 Å². The molecule has 0 saturated heterocycles. The molecule has 0 heterocycles. The van der Waals surface area contributed by atoms with Gasteiger partial charge in [-0.2, -0.15) is 0 Å². The summed E-state index contributed by atoms with van der Waals surface area (Å²) in [7, 11) is 11.2. The van der Waals surface area contributed by atoms with Gasteiger partial charge >= 0.3 is 0 Å². The molecule has 1 N–H and O–H groups in total. The summed E-state index contributed by atoms with van der Waals surface area (Å²) in [5.74, 6) is -0.172. The quantitative estimate of drug-likeness (QED) is 0.401. The highest BCUT2D eigenvalue weighted by atomic mass is 35.5. The molecule has 5 nitrogen and oxygen atoms in total. The van der Waals surface area contributed by atoms with Crippen molar-refractivity contribution in [3.63, 3.8) is 0 Å². The molecule has 0 aliphatic heterocycles. The summed E-state index contributed by atoms with van der Waals surface area (Å²) in [5.41, 5.74) is 0.711. The van der Waals surface area contributed by atoms with Crippen LogP contribution in [-0.4, -0.2) is 31.9 Å². The second kappa shape index (κ2) is 6.01. The average Bonchev–Trinajstić information content (AvgIpc) is 2.42. The molecule has 0 aliphatic carbocycles. The Hall–Kier alpha value is -2.27.